The molecule has 0 radical (unpaired) electrons. The second kappa shape index (κ2) is 11.9. The van der Waals surface area contributed by atoms with E-state index in [1.807, 2.05) is 30.3 Å². The van der Waals surface area contributed by atoms with Gasteiger partial charge in [-0.15, -0.1) is 0 Å². The Labute approximate surface area is 240 Å². The molecular formula is C36H34N2O3. The van der Waals surface area contributed by atoms with Gasteiger partial charge in [0, 0.05) is 36.2 Å². The SMILES string of the molecule is Cc1c(-c2ccccc2)oc2c(C(=O)N[C@@H]3CCN(CCC(c4ccccc4)c4ccccc4)C3)cccc2c1=O. The number of likely N-dealkylation sites (tertiary alicyclic amines) is 1. The zero-order valence-corrected chi connectivity index (χ0v) is 23.3. The molecule has 206 valence electrons. The minimum Gasteiger partial charge on any atom is -0.455 e. The van der Waals surface area contributed by atoms with Crippen molar-refractivity contribution < 1.29 is 9.21 Å². The van der Waals surface area contributed by atoms with Gasteiger partial charge in [0.05, 0.1) is 10.9 Å². The van der Waals surface area contributed by atoms with Crippen LogP contribution in [0.3, 0.4) is 0 Å². The van der Waals surface area contributed by atoms with Crippen molar-refractivity contribution >= 4 is 16.9 Å². The van der Waals surface area contributed by atoms with Crippen molar-refractivity contribution in [2.75, 3.05) is 19.6 Å². The number of fused-ring (bicyclic) bond motifs is 1. The highest BCUT2D eigenvalue weighted by molar-refractivity contribution is 6.05. The van der Waals surface area contributed by atoms with Crippen molar-refractivity contribution in [3.8, 4) is 11.3 Å². The summed E-state index contributed by atoms with van der Waals surface area (Å²) >= 11 is 0. The van der Waals surface area contributed by atoms with Crippen LogP contribution < -0.4 is 10.7 Å². The Balaban J connectivity index is 1.16. The number of amides is 1. The summed E-state index contributed by atoms with van der Waals surface area (Å²) in [6, 6.07) is 36.2. The fourth-order valence-electron chi connectivity index (χ4n) is 5.98. The van der Waals surface area contributed by atoms with E-state index < -0.39 is 0 Å². The second-order valence-corrected chi connectivity index (χ2v) is 10.9. The van der Waals surface area contributed by atoms with Crippen LogP contribution in [-0.4, -0.2) is 36.5 Å². The topological polar surface area (TPSA) is 62.6 Å². The average molecular weight is 543 g/mol. The van der Waals surface area contributed by atoms with Crippen LogP contribution in [0.15, 0.2) is 118 Å². The Bertz CT molecular complexity index is 1660. The molecule has 0 aliphatic carbocycles. The largest absolute Gasteiger partial charge is 0.455 e. The van der Waals surface area contributed by atoms with Gasteiger partial charge in [0.25, 0.3) is 5.91 Å². The molecule has 5 aromatic rings. The van der Waals surface area contributed by atoms with Crippen molar-refractivity contribution in [2.24, 2.45) is 0 Å². The molecule has 1 N–H and O–H groups in total. The summed E-state index contributed by atoms with van der Waals surface area (Å²) in [5.74, 6) is 0.619. The van der Waals surface area contributed by atoms with Gasteiger partial charge in [-0.1, -0.05) is 97.1 Å². The van der Waals surface area contributed by atoms with Crippen molar-refractivity contribution in [3.05, 3.63) is 142 Å². The van der Waals surface area contributed by atoms with Crippen molar-refractivity contribution in [2.45, 2.75) is 31.7 Å². The molecule has 0 saturated carbocycles. The Hall–Kier alpha value is -4.48. The van der Waals surface area contributed by atoms with E-state index in [4.69, 9.17) is 4.42 Å². The first-order valence-corrected chi connectivity index (χ1v) is 14.3. The van der Waals surface area contributed by atoms with Crippen LogP contribution in [0, 0.1) is 6.92 Å². The van der Waals surface area contributed by atoms with Gasteiger partial charge in [0.1, 0.15) is 5.76 Å². The number of hydrogen-bond donors (Lipinski definition) is 1. The molecule has 0 spiro atoms. The Morgan fingerprint density at radius 3 is 2.17 bits per heavy atom. The molecule has 1 fully saturated rings. The van der Waals surface area contributed by atoms with Gasteiger partial charge in [-0.2, -0.15) is 0 Å². The highest BCUT2D eigenvalue weighted by Gasteiger charge is 2.27. The number of carbonyl (C=O) groups is 1. The van der Waals surface area contributed by atoms with Gasteiger partial charge in [0.2, 0.25) is 0 Å². The van der Waals surface area contributed by atoms with Crippen LogP contribution in [0.25, 0.3) is 22.3 Å². The number of hydrogen-bond acceptors (Lipinski definition) is 4. The molecule has 5 heteroatoms. The lowest BCUT2D eigenvalue weighted by Crippen LogP contribution is -2.37. The Kier molecular flexibility index (Phi) is 7.79. The van der Waals surface area contributed by atoms with Gasteiger partial charge >= 0.3 is 0 Å². The first-order valence-electron chi connectivity index (χ1n) is 14.3. The first-order chi connectivity index (χ1) is 20.1. The number of nitrogens with zero attached hydrogens (tertiary/aromatic N) is 1. The third-order valence-corrected chi connectivity index (χ3v) is 8.17. The zero-order chi connectivity index (χ0) is 28.2. The molecule has 0 unspecified atom stereocenters. The van der Waals surface area contributed by atoms with Gasteiger partial charge in [0.15, 0.2) is 11.0 Å². The van der Waals surface area contributed by atoms with Crippen LogP contribution >= 0.6 is 0 Å². The third kappa shape index (κ3) is 5.72. The monoisotopic (exact) mass is 542 g/mol. The van der Waals surface area contributed by atoms with E-state index in [1.165, 1.54) is 11.1 Å². The predicted molar refractivity (Wildman–Crippen MR) is 164 cm³/mol. The van der Waals surface area contributed by atoms with Crippen molar-refractivity contribution in [3.63, 3.8) is 0 Å². The molecule has 1 saturated heterocycles. The second-order valence-electron chi connectivity index (χ2n) is 10.9. The minimum atomic E-state index is -0.208. The molecule has 2 heterocycles. The molecule has 1 atom stereocenters. The average Bonchev–Trinajstić information content (AvgIpc) is 3.47. The highest BCUT2D eigenvalue weighted by atomic mass is 16.3. The maximum Gasteiger partial charge on any atom is 0.255 e. The summed E-state index contributed by atoms with van der Waals surface area (Å²) in [5.41, 5.74) is 4.62. The summed E-state index contributed by atoms with van der Waals surface area (Å²) in [6.07, 6.45) is 1.89. The van der Waals surface area contributed by atoms with Crippen LogP contribution in [0.1, 0.15) is 45.8 Å². The van der Waals surface area contributed by atoms with E-state index in [-0.39, 0.29) is 17.4 Å². The molecule has 5 nitrogen and oxygen atoms in total. The van der Waals surface area contributed by atoms with E-state index in [9.17, 15) is 9.59 Å². The molecule has 0 bridgehead atoms. The van der Waals surface area contributed by atoms with Crippen molar-refractivity contribution in [1.82, 2.24) is 10.2 Å². The molecule has 1 aliphatic heterocycles. The van der Waals surface area contributed by atoms with Gasteiger partial charge < -0.3 is 14.6 Å². The predicted octanol–water partition coefficient (Wildman–Crippen LogP) is 6.79. The van der Waals surface area contributed by atoms with Crippen LogP contribution in [0.2, 0.25) is 0 Å². The maximum absolute atomic E-state index is 13.5. The highest BCUT2D eigenvalue weighted by Crippen LogP contribution is 2.30. The Morgan fingerprint density at radius 1 is 0.878 bits per heavy atom. The van der Waals surface area contributed by atoms with Crippen LogP contribution in [0.5, 0.6) is 0 Å². The first kappa shape index (κ1) is 26.7. The number of rotatable bonds is 8. The van der Waals surface area contributed by atoms with E-state index in [0.29, 0.717) is 33.8 Å². The van der Waals surface area contributed by atoms with Gasteiger partial charge in [-0.25, -0.2) is 0 Å². The normalized spacial score (nSPS) is 15.4. The summed E-state index contributed by atoms with van der Waals surface area (Å²) in [5, 5.41) is 3.65. The summed E-state index contributed by atoms with van der Waals surface area (Å²) in [4.78, 5) is 29.2. The number of nitrogens with one attached hydrogen (secondary N) is 1. The smallest absolute Gasteiger partial charge is 0.255 e. The Morgan fingerprint density at radius 2 is 1.51 bits per heavy atom. The molecule has 1 aromatic heterocycles. The zero-order valence-electron chi connectivity index (χ0n) is 23.3. The lowest BCUT2D eigenvalue weighted by molar-refractivity contribution is 0.0938. The van der Waals surface area contributed by atoms with E-state index in [2.05, 4.69) is 70.9 Å². The van der Waals surface area contributed by atoms with E-state index in [0.717, 1.165) is 38.0 Å². The quantitative estimate of drug-likeness (QED) is 0.234. The molecule has 1 amide bonds. The number of carbonyl (C=O) groups excluding carboxylic acids is 1. The minimum absolute atomic E-state index is 0.0374. The van der Waals surface area contributed by atoms with Crippen molar-refractivity contribution in [1.29, 1.82) is 0 Å². The molecule has 1 aliphatic rings. The summed E-state index contributed by atoms with van der Waals surface area (Å²) < 4.78 is 6.28. The standard InChI is InChI=1S/C36H34N2O3/c1-25-33(39)31-18-11-19-32(35(31)41-34(25)28-16-9-4-10-17-28)36(40)37-29-20-22-38(24-29)23-21-30(26-12-5-2-6-13-26)27-14-7-3-8-15-27/h2-19,29-30H,20-24H2,1H3,(H,37,40)/t29-/m1/s1. The lowest BCUT2D eigenvalue weighted by Gasteiger charge is -2.22. The maximum atomic E-state index is 13.5. The molecular weight excluding hydrogens is 508 g/mol. The van der Waals surface area contributed by atoms with Gasteiger partial charge in [-0.05, 0) is 49.6 Å². The molecule has 41 heavy (non-hydrogen) atoms. The number of benzene rings is 4. The molecule has 6 rings (SSSR count). The van der Waals surface area contributed by atoms with Gasteiger partial charge in [-0.3, -0.25) is 9.59 Å². The van der Waals surface area contributed by atoms with E-state index >= 15 is 0 Å². The van der Waals surface area contributed by atoms with E-state index in [1.54, 1.807) is 25.1 Å². The summed E-state index contributed by atoms with van der Waals surface area (Å²) in [6.45, 7) is 4.45. The fraction of sp³-hybridized carbons (Fsp3) is 0.222. The lowest BCUT2D eigenvalue weighted by atomic mass is 9.88. The summed E-state index contributed by atoms with van der Waals surface area (Å²) in [7, 11) is 0. The van der Waals surface area contributed by atoms with Crippen LogP contribution in [-0.2, 0) is 0 Å². The fourth-order valence-corrected chi connectivity index (χ4v) is 5.98. The third-order valence-electron chi connectivity index (χ3n) is 8.17. The van der Waals surface area contributed by atoms with Crippen LogP contribution in [0.4, 0.5) is 0 Å². The number of para-hydroxylation sites is 1. The molecule has 4 aromatic carbocycles.